The van der Waals surface area contributed by atoms with Crippen LogP contribution in [-0.2, 0) is 10.1 Å². The summed E-state index contributed by atoms with van der Waals surface area (Å²) in [4.78, 5) is 29.3. The van der Waals surface area contributed by atoms with Gasteiger partial charge >= 0.3 is 5.97 Å². The van der Waals surface area contributed by atoms with Gasteiger partial charge in [0.1, 0.15) is 0 Å². The normalized spacial score (nSPS) is 10.7. The molecule has 1 heterocycles. The van der Waals surface area contributed by atoms with E-state index >= 15 is 0 Å². The van der Waals surface area contributed by atoms with Gasteiger partial charge in [0.15, 0.2) is 0 Å². The molecule has 28 heavy (non-hydrogen) atoms. The Balaban J connectivity index is 2.06. The van der Waals surface area contributed by atoms with Gasteiger partial charge in [0.05, 0.1) is 39.0 Å². The fourth-order valence-corrected chi connectivity index (χ4v) is 3.98. The van der Waals surface area contributed by atoms with Crippen molar-refractivity contribution in [3.8, 4) is 0 Å². The summed E-state index contributed by atoms with van der Waals surface area (Å²) in [6.07, 6.45) is 1.45. The van der Waals surface area contributed by atoms with E-state index in [0.717, 1.165) is 10.9 Å². The fourth-order valence-electron chi connectivity index (χ4n) is 2.81. The van der Waals surface area contributed by atoms with Gasteiger partial charge in [0.25, 0.3) is 5.91 Å². The number of carbonyl (C=O) groups excluding carboxylic acids is 2. The number of esters is 1. The van der Waals surface area contributed by atoms with Crippen molar-refractivity contribution in [2.45, 2.75) is 12.3 Å². The molecule has 1 N–H and O–H groups in total. The molecule has 0 saturated heterocycles. The topological polar surface area (TPSA) is 68.3 Å². The van der Waals surface area contributed by atoms with Crippen molar-refractivity contribution >= 4 is 67.6 Å². The van der Waals surface area contributed by atoms with Gasteiger partial charge in [-0.2, -0.15) is 0 Å². The van der Waals surface area contributed by atoms with Crippen LogP contribution in [0.2, 0.25) is 10.0 Å². The minimum absolute atomic E-state index is 0.187. The first-order valence-corrected chi connectivity index (χ1v) is 10.2. The number of hydrogen-bond donors (Lipinski definition) is 1. The molecular formula is C20H15BrCl2N2O3. The van der Waals surface area contributed by atoms with Crippen molar-refractivity contribution in [3.63, 3.8) is 0 Å². The lowest BCUT2D eigenvalue weighted by Crippen LogP contribution is -2.14. The average Bonchev–Trinajstić information content (AvgIpc) is 2.67. The number of pyridine rings is 1. The standard InChI is InChI=1S/C20H15BrCl2N2O3/c1-2-28-20(27)13-10-24-18-11(12(13)9-21)5-3-8-16(18)25-19(26)17-14(22)6-4-7-15(17)23/h3-8,10H,2,9H2,1H3,(H,25,26). The smallest absolute Gasteiger partial charge is 0.340 e. The molecule has 0 radical (unpaired) electrons. The Kier molecular flexibility index (Phi) is 6.54. The van der Waals surface area contributed by atoms with E-state index in [1.165, 1.54) is 6.20 Å². The van der Waals surface area contributed by atoms with E-state index < -0.39 is 11.9 Å². The molecule has 8 heteroatoms. The number of aromatic nitrogens is 1. The lowest BCUT2D eigenvalue weighted by atomic mass is 10.0. The molecule has 0 unspecified atom stereocenters. The molecule has 0 spiro atoms. The maximum atomic E-state index is 12.7. The number of amides is 1. The maximum Gasteiger partial charge on any atom is 0.340 e. The summed E-state index contributed by atoms with van der Waals surface area (Å²) in [5.41, 5.74) is 2.32. The molecule has 0 fully saturated rings. The number of benzene rings is 2. The zero-order valence-corrected chi connectivity index (χ0v) is 17.9. The third kappa shape index (κ3) is 3.99. The van der Waals surface area contributed by atoms with Gasteiger partial charge in [-0.3, -0.25) is 9.78 Å². The molecule has 3 rings (SSSR count). The fraction of sp³-hybridized carbons (Fsp3) is 0.150. The second-order valence-electron chi connectivity index (χ2n) is 5.76. The molecule has 0 atom stereocenters. The first-order valence-electron chi connectivity index (χ1n) is 8.37. The van der Waals surface area contributed by atoms with E-state index in [4.69, 9.17) is 27.9 Å². The molecule has 5 nitrogen and oxygen atoms in total. The molecule has 0 aliphatic rings. The molecule has 1 amide bonds. The molecule has 2 aromatic carbocycles. The van der Waals surface area contributed by atoms with Crippen LogP contribution < -0.4 is 5.32 Å². The van der Waals surface area contributed by atoms with Gasteiger partial charge in [-0.15, -0.1) is 0 Å². The second kappa shape index (κ2) is 8.90. The summed E-state index contributed by atoms with van der Waals surface area (Å²) in [5.74, 6) is -0.886. The number of carbonyl (C=O) groups is 2. The summed E-state index contributed by atoms with van der Waals surface area (Å²) in [7, 11) is 0. The predicted molar refractivity (Wildman–Crippen MR) is 115 cm³/mol. The van der Waals surface area contributed by atoms with Gasteiger partial charge in [0.2, 0.25) is 0 Å². The summed E-state index contributed by atoms with van der Waals surface area (Å²) < 4.78 is 5.10. The van der Waals surface area contributed by atoms with Gasteiger partial charge in [-0.1, -0.05) is 57.3 Å². The number of nitrogens with one attached hydrogen (secondary N) is 1. The van der Waals surface area contributed by atoms with Crippen LogP contribution in [0.15, 0.2) is 42.6 Å². The zero-order valence-electron chi connectivity index (χ0n) is 14.8. The Bertz CT molecular complexity index is 1050. The van der Waals surface area contributed by atoms with E-state index in [9.17, 15) is 9.59 Å². The quantitative estimate of drug-likeness (QED) is 0.365. The lowest BCUT2D eigenvalue weighted by molar-refractivity contribution is 0.0525. The Morgan fingerprint density at radius 3 is 2.46 bits per heavy atom. The average molecular weight is 482 g/mol. The zero-order chi connectivity index (χ0) is 20.3. The molecule has 0 aliphatic heterocycles. The summed E-state index contributed by atoms with van der Waals surface area (Å²) in [6, 6.07) is 10.2. The Morgan fingerprint density at radius 2 is 1.82 bits per heavy atom. The van der Waals surface area contributed by atoms with Crippen LogP contribution in [0.1, 0.15) is 33.2 Å². The number of nitrogens with zero attached hydrogens (tertiary/aromatic N) is 1. The third-order valence-corrected chi connectivity index (χ3v) is 5.27. The van der Waals surface area contributed by atoms with Crippen LogP contribution in [0.4, 0.5) is 5.69 Å². The summed E-state index contributed by atoms with van der Waals surface area (Å²) in [6.45, 7) is 2.01. The number of rotatable bonds is 5. The van der Waals surface area contributed by atoms with Crippen molar-refractivity contribution in [1.82, 2.24) is 4.98 Å². The molecular weight excluding hydrogens is 467 g/mol. The number of fused-ring (bicyclic) bond motifs is 1. The Hall–Kier alpha value is -2.15. The van der Waals surface area contributed by atoms with Gasteiger partial charge in [-0.05, 0) is 30.7 Å². The predicted octanol–water partition coefficient (Wildman–Crippen LogP) is 5.87. The van der Waals surface area contributed by atoms with Crippen LogP contribution in [0.5, 0.6) is 0 Å². The first kappa shape index (κ1) is 20.6. The Labute approximate surface area is 180 Å². The van der Waals surface area contributed by atoms with E-state index in [1.54, 1.807) is 37.3 Å². The number of anilines is 1. The van der Waals surface area contributed by atoms with E-state index in [-0.39, 0.29) is 22.2 Å². The van der Waals surface area contributed by atoms with Gasteiger partial charge in [-0.25, -0.2) is 4.79 Å². The number of halogens is 3. The number of alkyl halides is 1. The minimum atomic E-state index is -0.445. The highest BCUT2D eigenvalue weighted by molar-refractivity contribution is 9.08. The van der Waals surface area contributed by atoms with Crippen molar-refractivity contribution in [2.75, 3.05) is 11.9 Å². The van der Waals surface area contributed by atoms with Crippen molar-refractivity contribution in [1.29, 1.82) is 0 Å². The maximum absolute atomic E-state index is 12.7. The van der Waals surface area contributed by atoms with E-state index in [2.05, 4.69) is 26.2 Å². The van der Waals surface area contributed by atoms with Crippen LogP contribution in [0.3, 0.4) is 0 Å². The van der Waals surface area contributed by atoms with E-state index in [1.807, 2.05) is 6.07 Å². The molecule has 144 valence electrons. The first-order chi connectivity index (χ1) is 13.5. The van der Waals surface area contributed by atoms with Crippen LogP contribution in [0, 0.1) is 0 Å². The summed E-state index contributed by atoms with van der Waals surface area (Å²) >= 11 is 15.7. The molecule has 1 aromatic heterocycles. The van der Waals surface area contributed by atoms with Crippen LogP contribution in [-0.4, -0.2) is 23.5 Å². The Morgan fingerprint density at radius 1 is 1.14 bits per heavy atom. The number of ether oxygens (including phenoxy) is 1. The van der Waals surface area contributed by atoms with Crippen molar-refractivity contribution in [2.24, 2.45) is 0 Å². The van der Waals surface area contributed by atoms with Crippen molar-refractivity contribution < 1.29 is 14.3 Å². The van der Waals surface area contributed by atoms with Gasteiger partial charge in [0, 0.05) is 16.9 Å². The third-order valence-electron chi connectivity index (χ3n) is 4.08. The SMILES string of the molecule is CCOC(=O)c1cnc2c(NC(=O)c3c(Cl)cccc3Cl)cccc2c1CBr. The largest absolute Gasteiger partial charge is 0.462 e. The minimum Gasteiger partial charge on any atom is -0.462 e. The molecule has 0 aliphatic carbocycles. The highest BCUT2D eigenvalue weighted by Gasteiger charge is 2.19. The number of hydrogen-bond acceptors (Lipinski definition) is 4. The molecule has 0 saturated carbocycles. The monoisotopic (exact) mass is 480 g/mol. The molecule has 0 bridgehead atoms. The summed E-state index contributed by atoms with van der Waals surface area (Å²) in [5, 5.41) is 4.47. The molecule has 3 aromatic rings. The highest BCUT2D eigenvalue weighted by Crippen LogP contribution is 2.30. The number of para-hydroxylation sites is 1. The van der Waals surface area contributed by atoms with Gasteiger partial charge < -0.3 is 10.1 Å². The van der Waals surface area contributed by atoms with Crippen LogP contribution >= 0.6 is 39.1 Å². The van der Waals surface area contributed by atoms with E-state index in [0.29, 0.717) is 22.1 Å². The lowest BCUT2D eigenvalue weighted by Gasteiger charge is -2.13. The highest BCUT2D eigenvalue weighted by atomic mass is 79.9. The van der Waals surface area contributed by atoms with Crippen LogP contribution in [0.25, 0.3) is 10.9 Å². The second-order valence-corrected chi connectivity index (χ2v) is 7.13. The van der Waals surface area contributed by atoms with Crippen molar-refractivity contribution in [3.05, 3.63) is 69.3 Å².